The number of carbonyl (C=O) groups is 7. The van der Waals surface area contributed by atoms with E-state index in [-0.39, 0.29) is 53.1 Å². The second kappa shape index (κ2) is 37.8. The highest BCUT2D eigenvalue weighted by atomic mass is 79.9. The number of phenolic OH excluding ortho intramolecular Hbond substituents is 1. The van der Waals surface area contributed by atoms with Gasteiger partial charge in [0.1, 0.15) is 48.4 Å². The maximum atomic E-state index is 11.6. The number of aryl methyl sites for hydroxylation is 5. The SMILES string of the molecule is CC(C)(C)OC(=O)c1ccc(CBr)cc1.Cc1ccc(COc2ccc3c(c2)NC(=O)CC3)cc1.O=C1CCc2cc(Br)c(OCc3ccc(C(=O)O)cc3)cc2N1.O=C1CCc2cc(Cl)c(OCc3ccc(C(=O)O)cc3)cc2N1.O=C1CCc2ccc(O)cc2N1.OB(O)c1ccc(Cl)cc1. The van der Waals surface area contributed by atoms with Crippen LogP contribution in [0.25, 0.3) is 0 Å². The molecule has 4 heterocycles. The molecule has 0 atom stereocenters. The topological polar surface area (TPSA) is 306 Å². The third-order valence-corrected chi connectivity index (χ3v) is 17.5. The molecule has 9 aromatic carbocycles. The number of fused-ring (bicyclic) bond motifs is 4. The van der Waals surface area contributed by atoms with Gasteiger partial charge in [0.2, 0.25) is 23.6 Å². The van der Waals surface area contributed by atoms with E-state index in [1.165, 1.54) is 23.3 Å². The highest BCUT2D eigenvalue weighted by Crippen LogP contribution is 2.37. The average Bonchev–Trinajstić information content (AvgIpc) is 0.812. The van der Waals surface area contributed by atoms with Crippen LogP contribution < -0.4 is 40.9 Å². The number of benzene rings is 9. The van der Waals surface area contributed by atoms with Crippen molar-refractivity contribution in [2.75, 3.05) is 21.3 Å². The Morgan fingerprint density at radius 2 is 0.883 bits per heavy atom. The summed E-state index contributed by atoms with van der Waals surface area (Å²) in [7, 11) is -1.41. The van der Waals surface area contributed by atoms with Gasteiger partial charge in [0.05, 0.1) is 26.2 Å². The van der Waals surface area contributed by atoms with Crippen LogP contribution in [0, 0.1) is 6.92 Å². The van der Waals surface area contributed by atoms with Crippen molar-refractivity contribution in [1.82, 2.24) is 0 Å². The number of nitrogens with one attached hydrogen (secondary N) is 4. The number of esters is 1. The monoisotopic (exact) mass is 1560 g/mol. The van der Waals surface area contributed by atoms with Gasteiger partial charge in [-0.15, -0.1) is 0 Å². The molecule has 0 saturated heterocycles. The summed E-state index contributed by atoms with van der Waals surface area (Å²) in [6, 6.07) is 53.2. The van der Waals surface area contributed by atoms with E-state index < -0.39 is 24.7 Å². The molecular weight excluding hydrogens is 1490 g/mol. The number of rotatable bonds is 14. The van der Waals surface area contributed by atoms with E-state index >= 15 is 0 Å². The van der Waals surface area contributed by atoms with Gasteiger partial charge in [-0.05, 0) is 192 Å². The maximum absolute atomic E-state index is 11.6. The minimum atomic E-state index is -1.41. The number of carboxylic acids is 2. The molecule has 25 heteroatoms. The molecule has 9 aromatic rings. The van der Waals surface area contributed by atoms with E-state index in [4.69, 9.17) is 67.5 Å². The number of aromatic hydroxyl groups is 1. The van der Waals surface area contributed by atoms with E-state index in [1.54, 1.807) is 97.1 Å². The Labute approximate surface area is 623 Å². The normalized spacial score (nSPS) is 12.8. The van der Waals surface area contributed by atoms with Crippen LogP contribution in [-0.4, -0.2) is 79.6 Å². The number of anilines is 4. The fourth-order valence-corrected chi connectivity index (χ4v) is 11.4. The molecule has 0 unspecified atom stereocenters. The first-order chi connectivity index (χ1) is 49.1. The highest BCUT2D eigenvalue weighted by molar-refractivity contribution is 9.10. The van der Waals surface area contributed by atoms with Crippen molar-refractivity contribution >= 4 is 132 Å². The molecule has 0 bridgehead atoms. The van der Waals surface area contributed by atoms with Gasteiger partial charge in [-0.1, -0.05) is 130 Å². The number of halogens is 4. The minimum absolute atomic E-state index is 0.00929. The number of ether oxygens (including phenoxy) is 4. The van der Waals surface area contributed by atoms with Crippen LogP contribution in [0.3, 0.4) is 0 Å². The van der Waals surface area contributed by atoms with Crippen molar-refractivity contribution in [2.24, 2.45) is 0 Å². The molecule has 4 amide bonds. The minimum Gasteiger partial charge on any atom is -0.508 e. The lowest BCUT2D eigenvalue weighted by molar-refractivity contribution is -0.117. The molecule has 4 aliphatic rings. The van der Waals surface area contributed by atoms with E-state index in [0.29, 0.717) is 77.9 Å². The second-order valence-electron chi connectivity index (χ2n) is 24.8. The lowest BCUT2D eigenvalue weighted by atomic mass is 9.81. The Morgan fingerprint density at radius 3 is 1.36 bits per heavy atom. The van der Waals surface area contributed by atoms with Gasteiger partial charge < -0.3 is 65.6 Å². The van der Waals surface area contributed by atoms with Gasteiger partial charge in [-0.2, -0.15) is 0 Å². The largest absolute Gasteiger partial charge is 0.508 e. The average molecular weight is 1570 g/mol. The number of phenols is 1. The third-order valence-electron chi connectivity index (χ3n) is 15.7. The van der Waals surface area contributed by atoms with Crippen LogP contribution in [0.15, 0.2) is 186 Å². The number of carbonyl (C=O) groups excluding carboxylic acids is 5. The second-order valence-corrected chi connectivity index (χ2v) is 27.1. The first-order valence-corrected chi connectivity index (χ1v) is 35.2. The molecule has 0 aliphatic carbocycles. The molecule has 0 saturated carbocycles. The first-order valence-electron chi connectivity index (χ1n) is 32.5. The standard InChI is InChI=1S/C17H14BrNO4.C17H14ClNO4.C17H17NO2.C12H15BrO2.C9H9NO2.C6H6BClO2/c2*18-13-7-12-5-6-16(20)19-14(12)8-15(13)23-9-10-1-3-11(4-2-10)17(21)22;1-12-2-4-13(5-3-12)11-20-15-8-6-14-7-9-17(19)18-16(14)10-15;1-12(2,3)15-11(14)10-6-4-9(8-13)5-7-10;11-7-3-1-6-2-4-9(12)10-8(6)5-7;8-6-3-1-5(2-4-6)7(9)10/h2*1-4,7-8H,5-6,9H2,(H,19,20)(H,21,22);2-6,8,10H,7,9,11H2,1H3,(H,18,19);4-7H,8H2,1-3H3;1,3,5,11H,2,4H2,(H,10,12);1-4,9-10H. The Bertz CT molecular complexity index is 4350. The van der Waals surface area contributed by atoms with Crippen molar-refractivity contribution in [3.05, 3.63) is 263 Å². The van der Waals surface area contributed by atoms with Gasteiger partial charge in [0, 0.05) is 83.1 Å². The summed E-state index contributed by atoms with van der Waals surface area (Å²) in [5, 5.41) is 57.2. The van der Waals surface area contributed by atoms with Crippen molar-refractivity contribution in [3.8, 4) is 23.0 Å². The Hall–Kier alpha value is -10.0. The van der Waals surface area contributed by atoms with Gasteiger partial charge in [-0.3, -0.25) is 19.2 Å². The highest BCUT2D eigenvalue weighted by Gasteiger charge is 2.22. The van der Waals surface area contributed by atoms with E-state index in [9.17, 15) is 33.6 Å². The van der Waals surface area contributed by atoms with Crippen molar-refractivity contribution in [3.63, 3.8) is 0 Å². The van der Waals surface area contributed by atoms with Crippen LogP contribution in [0.4, 0.5) is 22.7 Å². The fraction of sp³-hybridized carbons (Fsp3) is 0.218. The van der Waals surface area contributed by atoms with Crippen LogP contribution in [0.2, 0.25) is 10.0 Å². The summed E-state index contributed by atoms with van der Waals surface area (Å²) >= 11 is 18.6. The van der Waals surface area contributed by atoms with Gasteiger partial charge in [0.15, 0.2) is 0 Å². The summed E-state index contributed by atoms with van der Waals surface area (Å²) in [6.45, 7) is 8.74. The molecule has 534 valence electrons. The van der Waals surface area contributed by atoms with E-state index in [0.717, 1.165) is 96.5 Å². The summed E-state index contributed by atoms with van der Waals surface area (Å²) < 4.78 is 23.3. The van der Waals surface area contributed by atoms with Gasteiger partial charge in [0.25, 0.3) is 0 Å². The molecule has 103 heavy (non-hydrogen) atoms. The molecule has 0 aromatic heterocycles. The number of hydrogen-bond acceptors (Lipinski definition) is 14. The Kier molecular flexibility index (Phi) is 28.9. The molecule has 9 N–H and O–H groups in total. The first kappa shape index (κ1) is 78.7. The maximum Gasteiger partial charge on any atom is 0.488 e. The van der Waals surface area contributed by atoms with Crippen LogP contribution >= 0.6 is 55.1 Å². The number of aromatic carboxylic acids is 2. The van der Waals surface area contributed by atoms with Crippen LogP contribution in [-0.2, 0) is 74.7 Å². The molecule has 0 fully saturated rings. The Balaban J connectivity index is 0.000000160. The molecule has 0 spiro atoms. The fourth-order valence-electron chi connectivity index (χ4n) is 10.1. The summed E-state index contributed by atoms with van der Waals surface area (Å²) in [5.41, 5.74) is 13.7. The molecular formula is C78H75BBr2Cl2N4O16. The van der Waals surface area contributed by atoms with Crippen molar-refractivity contribution in [2.45, 2.75) is 110 Å². The summed E-state index contributed by atoms with van der Waals surface area (Å²) in [5.74, 6) is -0.0165. The van der Waals surface area contributed by atoms with E-state index in [2.05, 4.69) is 84.3 Å². The smallest absolute Gasteiger partial charge is 0.488 e. The lowest BCUT2D eigenvalue weighted by Gasteiger charge is -2.19. The van der Waals surface area contributed by atoms with Crippen LogP contribution in [0.1, 0.15) is 128 Å². The third kappa shape index (κ3) is 25.2. The van der Waals surface area contributed by atoms with Crippen LogP contribution in [0.5, 0.6) is 23.0 Å². The predicted octanol–water partition coefficient (Wildman–Crippen LogP) is 15.4. The zero-order chi connectivity index (χ0) is 74.3. The molecule has 0 radical (unpaired) electrons. The van der Waals surface area contributed by atoms with E-state index in [1.807, 2.05) is 69.3 Å². The predicted molar refractivity (Wildman–Crippen MR) is 404 cm³/mol. The summed E-state index contributed by atoms with van der Waals surface area (Å²) in [4.78, 5) is 78.5. The lowest BCUT2D eigenvalue weighted by Crippen LogP contribution is -2.29. The quantitative estimate of drug-likeness (QED) is 0.0278. The molecule has 13 rings (SSSR count). The van der Waals surface area contributed by atoms with Crippen molar-refractivity contribution in [1.29, 1.82) is 0 Å². The number of carboxylic acid groups (broad SMARTS) is 2. The number of alkyl halides is 1. The molecule has 20 nitrogen and oxygen atoms in total. The molecule has 4 aliphatic heterocycles. The zero-order valence-electron chi connectivity index (χ0n) is 56.6. The Morgan fingerprint density at radius 1 is 0.476 bits per heavy atom. The van der Waals surface area contributed by atoms with Crippen molar-refractivity contribution < 1.29 is 77.9 Å². The van der Waals surface area contributed by atoms with Gasteiger partial charge in [-0.25, -0.2) is 14.4 Å². The number of amides is 4. The zero-order valence-corrected chi connectivity index (χ0v) is 61.3. The number of hydrogen-bond donors (Lipinski definition) is 9. The summed E-state index contributed by atoms with van der Waals surface area (Å²) in [6.07, 6.45) is 5.01. The van der Waals surface area contributed by atoms with Gasteiger partial charge >= 0.3 is 25.0 Å².